The van der Waals surface area contributed by atoms with Crippen LogP contribution in [0.15, 0.2) is 12.4 Å². The number of aromatic nitrogens is 2. The summed E-state index contributed by atoms with van der Waals surface area (Å²) in [5, 5.41) is 10.3. The van der Waals surface area contributed by atoms with Crippen molar-refractivity contribution in [1.82, 2.24) is 20.4 Å². The summed E-state index contributed by atoms with van der Waals surface area (Å²) in [6.45, 7) is 10.8. The fourth-order valence-corrected chi connectivity index (χ4v) is 1.63. The third-order valence-electron chi connectivity index (χ3n) is 2.48. The van der Waals surface area contributed by atoms with E-state index in [9.17, 15) is 4.79 Å². The molecule has 1 heterocycles. The van der Waals surface area contributed by atoms with Crippen molar-refractivity contribution in [2.24, 2.45) is 0 Å². The predicted octanol–water partition coefficient (Wildman–Crippen LogP) is 1.70. The van der Waals surface area contributed by atoms with Crippen molar-refractivity contribution in [3.8, 4) is 0 Å². The maximum Gasteiger partial charge on any atom is 0.407 e. The number of alkyl carbamates (subject to hydrolysis) is 1. The zero-order valence-electron chi connectivity index (χ0n) is 12.9. The van der Waals surface area contributed by atoms with Crippen LogP contribution in [0.3, 0.4) is 0 Å². The first-order chi connectivity index (χ1) is 9.37. The van der Waals surface area contributed by atoms with Gasteiger partial charge in [-0.25, -0.2) is 4.79 Å². The van der Waals surface area contributed by atoms with Gasteiger partial charge in [-0.15, -0.1) is 0 Å². The fourth-order valence-electron chi connectivity index (χ4n) is 1.63. The Kier molecular flexibility index (Phi) is 6.51. The van der Waals surface area contributed by atoms with E-state index in [1.807, 2.05) is 44.8 Å². The molecule has 0 unspecified atom stereocenters. The van der Waals surface area contributed by atoms with E-state index in [2.05, 4.69) is 15.7 Å². The zero-order valence-corrected chi connectivity index (χ0v) is 12.9. The van der Waals surface area contributed by atoms with Crippen molar-refractivity contribution in [2.45, 2.75) is 46.3 Å². The minimum absolute atomic E-state index is 0.357. The van der Waals surface area contributed by atoms with Crippen molar-refractivity contribution < 1.29 is 9.53 Å². The van der Waals surface area contributed by atoms with Gasteiger partial charge in [-0.1, -0.05) is 0 Å². The zero-order chi connectivity index (χ0) is 15.0. The van der Waals surface area contributed by atoms with Crippen LogP contribution in [0.25, 0.3) is 0 Å². The van der Waals surface area contributed by atoms with E-state index < -0.39 is 5.60 Å². The lowest BCUT2D eigenvalue weighted by molar-refractivity contribution is 0.0527. The van der Waals surface area contributed by atoms with Crippen LogP contribution in [-0.2, 0) is 11.3 Å². The molecule has 1 aromatic heterocycles. The van der Waals surface area contributed by atoms with Crippen molar-refractivity contribution in [3.63, 3.8) is 0 Å². The van der Waals surface area contributed by atoms with Crippen LogP contribution < -0.4 is 10.6 Å². The van der Waals surface area contributed by atoms with Gasteiger partial charge in [0.2, 0.25) is 0 Å². The summed E-state index contributed by atoms with van der Waals surface area (Å²) in [4.78, 5) is 11.4. The molecule has 1 aromatic rings. The molecule has 2 N–H and O–H groups in total. The highest BCUT2D eigenvalue weighted by Crippen LogP contribution is 2.06. The highest BCUT2D eigenvalue weighted by Gasteiger charge is 2.15. The first kappa shape index (κ1) is 16.5. The molecule has 0 atom stereocenters. The molecule has 0 fully saturated rings. The Morgan fingerprint density at radius 1 is 1.35 bits per heavy atom. The smallest absolute Gasteiger partial charge is 0.407 e. The second kappa shape index (κ2) is 7.89. The van der Waals surface area contributed by atoms with E-state index in [-0.39, 0.29) is 6.09 Å². The Morgan fingerprint density at radius 2 is 2.10 bits per heavy atom. The van der Waals surface area contributed by atoms with Gasteiger partial charge in [-0.2, -0.15) is 5.10 Å². The number of aryl methyl sites for hydroxylation is 1. The molecule has 0 radical (unpaired) electrons. The highest BCUT2D eigenvalue weighted by molar-refractivity contribution is 5.67. The van der Waals surface area contributed by atoms with Crippen LogP contribution in [-0.4, -0.2) is 41.1 Å². The second-order valence-electron chi connectivity index (χ2n) is 5.81. The molecular weight excluding hydrogens is 256 g/mol. The summed E-state index contributed by atoms with van der Waals surface area (Å²) >= 11 is 0. The Bertz CT molecular complexity index is 410. The number of hydrogen-bond donors (Lipinski definition) is 2. The molecule has 6 nitrogen and oxygen atoms in total. The lowest BCUT2D eigenvalue weighted by atomic mass is 10.2. The SMILES string of the molecule is Cc1cnn(CCNCCCNC(=O)OC(C)(C)C)c1. The van der Waals surface area contributed by atoms with Gasteiger partial charge in [0.1, 0.15) is 5.60 Å². The van der Waals surface area contributed by atoms with Gasteiger partial charge < -0.3 is 15.4 Å². The average molecular weight is 282 g/mol. The summed E-state index contributed by atoms with van der Waals surface area (Å²) in [7, 11) is 0. The van der Waals surface area contributed by atoms with Gasteiger partial charge in [-0.3, -0.25) is 4.68 Å². The van der Waals surface area contributed by atoms with Gasteiger partial charge in [0.15, 0.2) is 0 Å². The van der Waals surface area contributed by atoms with Crippen LogP contribution >= 0.6 is 0 Å². The standard InChI is InChI=1S/C14H26N4O2/c1-12-10-17-18(11-12)9-8-15-6-5-7-16-13(19)20-14(2,3)4/h10-11,15H,5-9H2,1-4H3,(H,16,19). The summed E-state index contributed by atoms with van der Waals surface area (Å²) in [5.41, 5.74) is 0.732. The molecule has 0 aliphatic rings. The van der Waals surface area contributed by atoms with Crippen LogP contribution in [0.5, 0.6) is 0 Å². The van der Waals surface area contributed by atoms with Gasteiger partial charge in [0.05, 0.1) is 12.7 Å². The quantitative estimate of drug-likeness (QED) is 0.747. The van der Waals surface area contributed by atoms with Crippen molar-refractivity contribution in [1.29, 1.82) is 0 Å². The van der Waals surface area contributed by atoms with Crippen LogP contribution in [0, 0.1) is 6.92 Å². The Balaban J connectivity index is 1.96. The first-order valence-electron chi connectivity index (χ1n) is 7.03. The molecule has 0 aliphatic carbocycles. The van der Waals surface area contributed by atoms with E-state index in [0.29, 0.717) is 6.54 Å². The summed E-state index contributed by atoms with van der Waals surface area (Å²) in [6.07, 6.45) is 4.39. The monoisotopic (exact) mass is 282 g/mol. The molecule has 6 heteroatoms. The Morgan fingerprint density at radius 3 is 2.70 bits per heavy atom. The number of carbonyl (C=O) groups is 1. The largest absolute Gasteiger partial charge is 0.444 e. The first-order valence-corrected chi connectivity index (χ1v) is 7.03. The lowest BCUT2D eigenvalue weighted by Crippen LogP contribution is -2.34. The van der Waals surface area contributed by atoms with E-state index >= 15 is 0 Å². The molecule has 20 heavy (non-hydrogen) atoms. The van der Waals surface area contributed by atoms with E-state index in [1.165, 1.54) is 5.56 Å². The number of hydrogen-bond acceptors (Lipinski definition) is 4. The molecule has 0 bridgehead atoms. The fraction of sp³-hybridized carbons (Fsp3) is 0.714. The summed E-state index contributed by atoms with van der Waals surface area (Å²) in [6, 6.07) is 0. The number of amides is 1. The Labute approximate surface area is 120 Å². The molecule has 0 aliphatic heterocycles. The van der Waals surface area contributed by atoms with Crippen LogP contribution in [0.2, 0.25) is 0 Å². The molecule has 114 valence electrons. The van der Waals surface area contributed by atoms with Gasteiger partial charge in [-0.05, 0) is 46.2 Å². The van der Waals surface area contributed by atoms with Gasteiger partial charge in [0, 0.05) is 19.3 Å². The van der Waals surface area contributed by atoms with E-state index in [0.717, 1.165) is 26.1 Å². The van der Waals surface area contributed by atoms with Crippen LogP contribution in [0.4, 0.5) is 4.79 Å². The summed E-state index contributed by atoms with van der Waals surface area (Å²) in [5.74, 6) is 0. The number of ether oxygens (including phenoxy) is 1. The molecule has 0 saturated heterocycles. The summed E-state index contributed by atoms with van der Waals surface area (Å²) < 4.78 is 7.06. The molecule has 1 amide bonds. The minimum atomic E-state index is -0.440. The topological polar surface area (TPSA) is 68.2 Å². The maximum absolute atomic E-state index is 11.4. The maximum atomic E-state index is 11.4. The van der Waals surface area contributed by atoms with Crippen molar-refractivity contribution in [2.75, 3.05) is 19.6 Å². The average Bonchev–Trinajstić information content (AvgIpc) is 2.71. The van der Waals surface area contributed by atoms with Gasteiger partial charge >= 0.3 is 6.09 Å². The number of nitrogens with zero attached hydrogens (tertiary/aromatic N) is 2. The molecular formula is C14H26N4O2. The molecule has 0 aromatic carbocycles. The van der Waals surface area contributed by atoms with Crippen molar-refractivity contribution >= 4 is 6.09 Å². The second-order valence-corrected chi connectivity index (χ2v) is 5.81. The molecule has 1 rings (SSSR count). The normalized spacial score (nSPS) is 11.4. The van der Waals surface area contributed by atoms with Crippen LogP contribution in [0.1, 0.15) is 32.8 Å². The van der Waals surface area contributed by atoms with E-state index in [1.54, 1.807) is 0 Å². The van der Waals surface area contributed by atoms with Gasteiger partial charge in [0.25, 0.3) is 0 Å². The highest BCUT2D eigenvalue weighted by atomic mass is 16.6. The number of carbonyl (C=O) groups excluding carboxylic acids is 1. The predicted molar refractivity (Wildman–Crippen MR) is 78.7 cm³/mol. The third kappa shape index (κ3) is 7.78. The third-order valence-corrected chi connectivity index (χ3v) is 2.48. The number of rotatable bonds is 7. The minimum Gasteiger partial charge on any atom is -0.444 e. The number of nitrogens with one attached hydrogen (secondary N) is 2. The Hall–Kier alpha value is -1.56. The van der Waals surface area contributed by atoms with E-state index in [4.69, 9.17) is 4.74 Å². The lowest BCUT2D eigenvalue weighted by Gasteiger charge is -2.19. The van der Waals surface area contributed by atoms with Crippen molar-refractivity contribution in [3.05, 3.63) is 18.0 Å². The molecule has 0 saturated carbocycles. The molecule has 0 spiro atoms.